The Labute approximate surface area is 285 Å². The van der Waals surface area contributed by atoms with E-state index < -0.39 is 17.9 Å². The summed E-state index contributed by atoms with van der Waals surface area (Å²) in [6.45, 7) is 4.75. The van der Waals surface area contributed by atoms with Gasteiger partial charge in [0.05, 0.1) is 29.5 Å². The number of anilines is 4. The van der Waals surface area contributed by atoms with Crippen molar-refractivity contribution in [1.29, 1.82) is 0 Å². The number of thiazole rings is 2. The summed E-state index contributed by atoms with van der Waals surface area (Å²) >= 11 is 2.77. The number of hydrogen-bond donors (Lipinski definition) is 4. The second-order valence-corrected chi connectivity index (χ2v) is 13.1. The highest BCUT2D eigenvalue weighted by Gasteiger charge is 2.23. The maximum absolute atomic E-state index is 14.6. The van der Waals surface area contributed by atoms with Crippen LogP contribution in [0, 0.1) is 24.6 Å². The van der Waals surface area contributed by atoms with Gasteiger partial charge in [-0.05, 0) is 88.5 Å². The van der Waals surface area contributed by atoms with E-state index >= 15 is 0 Å². The van der Waals surface area contributed by atoms with Crippen LogP contribution >= 0.6 is 22.7 Å². The van der Waals surface area contributed by atoms with Crippen molar-refractivity contribution in [2.24, 2.45) is 0 Å². The Kier molecular flexibility index (Phi) is 11.9. The summed E-state index contributed by atoms with van der Waals surface area (Å²) in [7, 11) is 1.78. The summed E-state index contributed by atoms with van der Waals surface area (Å²) in [4.78, 5) is 23.7. The fraction of sp³-hybridized carbons (Fsp3) is 0.324. The van der Waals surface area contributed by atoms with Crippen LogP contribution in [0.15, 0.2) is 48.5 Å². The number of aromatic nitrogens is 4. The smallest absolute Gasteiger partial charge is 0.355 e. The molecule has 5 aromatic rings. The van der Waals surface area contributed by atoms with E-state index in [4.69, 9.17) is 4.74 Å². The van der Waals surface area contributed by atoms with Crippen molar-refractivity contribution in [3.8, 4) is 17.6 Å². The summed E-state index contributed by atoms with van der Waals surface area (Å²) in [6.07, 6.45) is 1.47. The summed E-state index contributed by atoms with van der Waals surface area (Å²) in [6, 6.07) is 14.3. The van der Waals surface area contributed by atoms with Gasteiger partial charge in [0.15, 0.2) is 39.2 Å². The molecule has 1 atom stereocenters. The largest absolute Gasteiger partial charge is 0.491 e. The summed E-state index contributed by atoms with van der Waals surface area (Å²) in [5, 5.41) is 36.1. The molecule has 0 aliphatic rings. The zero-order chi connectivity index (χ0) is 34.0. The van der Waals surface area contributed by atoms with E-state index in [-0.39, 0.29) is 18.1 Å². The Balaban J connectivity index is 1.30. The summed E-state index contributed by atoms with van der Waals surface area (Å²) in [5.41, 5.74) is 2.21. The fourth-order valence-electron chi connectivity index (χ4n) is 4.74. The topological polar surface area (TPSA) is 146 Å². The predicted octanol–water partition coefficient (Wildman–Crippen LogP) is 6.31. The molecular formula is C34H36FN7O4S2. The maximum Gasteiger partial charge on any atom is 0.355 e. The third-order valence-electron chi connectivity index (χ3n) is 7.13. The predicted molar refractivity (Wildman–Crippen MR) is 188 cm³/mol. The molecule has 250 valence electrons. The number of nitrogens with zero attached hydrogens (tertiary/aromatic N) is 5. The molecule has 5 rings (SSSR count). The SMILES string of the molecule is CNCC#Cc1ccc(OCCCc2sc(N(CCCC(C)O)c3cc(C)c(Nc4nc5ccccc5s4)nn3)nc2C(=O)O)c(F)c1. The van der Waals surface area contributed by atoms with E-state index in [0.717, 1.165) is 15.8 Å². The molecule has 0 saturated heterocycles. The van der Waals surface area contributed by atoms with Crippen molar-refractivity contribution < 1.29 is 24.1 Å². The normalized spacial score (nSPS) is 11.6. The molecule has 11 nitrogen and oxygen atoms in total. The number of para-hydroxylation sites is 1. The molecule has 3 aromatic heterocycles. The Morgan fingerprint density at radius 1 is 1.12 bits per heavy atom. The molecule has 0 aliphatic carbocycles. The fourth-order valence-corrected chi connectivity index (χ4v) is 6.74. The number of ether oxygens (including phenoxy) is 1. The van der Waals surface area contributed by atoms with Gasteiger partial charge in [0.25, 0.3) is 0 Å². The zero-order valence-corrected chi connectivity index (χ0v) is 28.4. The molecule has 0 aliphatic heterocycles. The van der Waals surface area contributed by atoms with E-state index in [9.17, 15) is 19.4 Å². The van der Waals surface area contributed by atoms with Gasteiger partial charge in [0.1, 0.15) is 0 Å². The number of aryl methyl sites for hydroxylation is 2. The lowest BCUT2D eigenvalue weighted by Gasteiger charge is -2.21. The van der Waals surface area contributed by atoms with Crippen LogP contribution in [0.4, 0.5) is 26.3 Å². The average molecular weight is 690 g/mol. The number of aliphatic hydroxyl groups excluding tert-OH is 1. The molecule has 3 heterocycles. The van der Waals surface area contributed by atoms with Crippen LogP contribution in [0.1, 0.15) is 52.7 Å². The first-order valence-corrected chi connectivity index (χ1v) is 17.1. The second-order valence-electron chi connectivity index (χ2n) is 11.0. The Morgan fingerprint density at radius 2 is 1.96 bits per heavy atom. The number of rotatable bonds is 15. The third-order valence-corrected chi connectivity index (χ3v) is 9.22. The van der Waals surface area contributed by atoms with Crippen LogP contribution in [0.5, 0.6) is 5.75 Å². The Bertz CT molecular complexity index is 1900. The molecule has 4 N–H and O–H groups in total. The van der Waals surface area contributed by atoms with Gasteiger partial charge < -0.3 is 30.5 Å². The van der Waals surface area contributed by atoms with Gasteiger partial charge in [-0.2, -0.15) is 0 Å². The van der Waals surface area contributed by atoms with Crippen molar-refractivity contribution in [2.45, 2.75) is 45.6 Å². The standard InChI is InChI=1S/C34H36FN7O4S2/c1-21-19-29(40-41-31(21)39-33-37-25-11-4-5-12-27(25)47-33)42(17-7-9-22(2)43)34-38-30(32(44)45)28(48-34)13-8-18-46-26-15-14-23(20-24(26)35)10-6-16-36-3/h4-5,11-12,14-15,19-20,22,36,43H,7-9,13,16-18H2,1-3H3,(H,44,45)(H,37,39,41). The number of aliphatic hydroxyl groups is 1. The number of benzene rings is 2. The van der Waals surface area contributed by atoms with E-state index in [0.29, 0.717) is 71.1 Å². The van der Waals surface area contributed by atoms with E-state index in [2.05, 4.69) is 42.6 Å². The van der Waals surface area contributed by atoms with E-state index in [1.54, 1.807) is 26.1 Å². The number of aromatic carboxylic acids is 1. The zero-order valence-electron chi connectivity index (χ0n) is 26.8. The molecular weight excluding hydrogens is 654 g/mol. The van der Waals surface area contributed by atoms with E-state index in [1.807, 2.05) is 42.2 Å². The van der Waals surface area contributed by atoms with E-state index in [1.165, 1.54) is 28.7 Å². The molecule has 0 bridgehead atoms. The van der Waals surface area contributed by atoms with Crippen LogP contribution in [-0.2, 0) is 6.42 Å². The van der Waals surface area contributed by atoms with Gasteiger partial charge in [-0.25, -0.2) is 19.2 Å². The van der Waals surface area contributed by atoms with Crippen LogP contribution in [0.3, 0.4) is 0 Å². The van der Waals surface area contributed by atoms with Gasteiger partial charge in [-0.3, -0.25) is 0 Å². The first-order chi connectivity index (χ1) is 23.2. The van der Waals surface area contributed by atoms with Crippen LogP contribution in [0.25, 0.3) is 10.2 Å². The minimum Gasteiger partial charge on any atom is -0.491 e. The van der Waals surface area contributed by atoms with Gasteiger partial charge in [0.2, 0.25) is 0 Å². The molecule has 0 fully saturated rings. The first kappa shape index (κ1) is 34.6. The van der Waals surface area contributed by atoms with Gasteiger partial charge in [0, 0.05) is 17.0 Å². The number of carboxylic acid groups (broad SMARTS) is 1. The van der Waals surface area contributed by atoms with Crippen molar-refractivity contribution >= 4 is 60.8 Å². The van der Waals surface area contributed by atoms with Crippen LogP contribution in [0.2, 0.25) is 0 Å². The molecule has 0 saturated carbocycles. The molecule has 0 spiro atoms. The number of halogens is 1. The highest BCUT2D eigenvalue weighted by Crippen LogP contribution is 2.34. The van der Waals surface area contributed by atoms with Gasteiger partial charge in [-0.1, -0.05) is 35.3 Å². The molecule has 0 amide bonds. The first-order valence-electron chi connectivity index (χ1n) is 15.4. The molecule has 14 heteroatoms. The second kappa shape index (κ2) is 16.4. The lowest BCUT2D eigenvalue weighted by atomic mass is 10.2. The number of hydrogen-bond acceptors (Lipinski definition) is 12. The van der Waals surface area contributed by atoms with Gasteiger partial charge in [-0.15, -0.1) is 21.5 Å². The minimum absolute atomic E-state index is 0.0509. The minimum atomic E-state index is -1.14. The Morgan fingerprint density at radius 3 is 2.69 bits per heavy atom. The monoisotopic (exact) mass is 689 g/mol. The Hall–Kier alpha value is -4.68. The average Bonchev–Trinajstić information content (AvgIpc) is 3.67. The number of nitrogens with one attached hydrogen (secondary N) is 2. The number of carboxylic acids is 1. The lowest BCUT2D eigenvalue weighted by Crippen LogP contribution is -2.21. The van der Waals surface area contributed by atoms with Gasteiger partial charge >= 0.3 is 5.97 Å². The lowest BCUT2D eigenvalue weighted by molar-refractivity contribution is 0.0690. The summed E-state index contributed by atoms with van der Waals surface area (Å²) < 4.78 is 21.3. The van der Waals surface area contributed by atoms with Crippen molar-refractivity contribution in [1.82, 2.24) is 25.5 Å². The highest BCUT2D eigenvalue weighted by molar-refractivity contribution is 7.22. The number of fused-ring (bicyclic) bond motifs is 1. The molecule has 0 radical (unpaired) electrons. The molecule has 1 unspecified atom stereocenters. The molecule has 48 heavy (non-hydrogen) atoms. The van der Waals surface area contributed by atoms with Crippen molar-refractivity contribution in [3.05, 3.63) is 76.0 Å². The third kappa shape index (κ3) is 9.02. The number of carbonyl (C=O) groups is 1. The highest BCUT2D eigenvalue weighted by atomic mass is 32.1. The molecule has 2 aromatic carbocycles. The van der Waals surface area contributed by atoms with Crippen LogP contribution < -0.4 is 20.3 Å². The quantitative estimate of drug-likeness (QED) is 0.0724. The van der Waals surface area contributed by atoms with Crippen LogP contribution in [-0.4, -0.2) is 69.2 Å². The summed E-state index contributed by atoms with van der Waals surface area (Å²) in [5.74, 6) is 5.28. The van der Waals surface area contributed by atoms with Crippen molar-refractivity contribution in [3.63, 3.8) is 0 Å². The van der Waals surface area contributed by atoms with Crippen molar-refractivity contribution in [2.75, 3.05) is 37.0 Å². The maximum atomic E-state index is 14.6.